The Morgan fingerprint density at radius 1 is 1.33 bits per heavy atom. The molecule has 8 heteroatoms. The van der Waals surface area contributed by atoms with E-state index in [0.717, 1.165) is 29.8 Å². The van der Waals surface area contributed by atoms with Gasteiger partial charge in [-0.05, 0) is 31.0 Å². The second-order valence-corrected chi connectivity index (χ2v) is 6.63. The minimum absolute atomic E-state index is 0.0177. The van der Waals surface area contributed by atoms with Crippen molar-refractivity contribution >= 4 is 34.8 Å². The maximum atomic E-state index is 12.2. The second kappa shape index (κ2) is 6.91. The third-order valence-corrected chi connectivity index (χ3v) is 4.57. The highest BCUT2D eigenvalue weighted by atomic mass is 35.5. The number of nitrogens with zero attached hydrogens (tertiary/aromatic N) is 2. The van der Waals surface area contributed by atoms with E-state index in [0.29, 0.717) is 16.6 Å². The van der Waals surface area contributed by atoms with Crippen LogP contribution in [0.15, 0.2) is 33.6 Å². The van der Waals surface area contributed by atoms with Gasteiger partial charge in [-0.3, -0.25) is 9.59 Å². The van der Waals surface area contributed by atoms with Crippen molar-refractivity contribution in [3.63, 3.8) is 0 Å². The number of carbonyl (C=O) groups excluding carboxylic acids is 1. The van der Waals surface area contributed by atoms with Crippen molar-refractivity contribution in [3.05, 3.63) is 50.4 Å². The number of hydrogen-bond acceptors (Lipinski definition) is 4. The zero-order chi connectivity index (χ0) is 17.3. The maximum absolute atomic E-state index is 12.2. The van der Waals surface area contributed by atoms with Crippen LogP contribution in [-0.2, 0) is 7.05 Å². The summed E-state index contributed by atoms with van der Waals surface area (Å²) < 4.78 is 6.13. The Kier molecular flexibility index (Phi) is 4.87. The van der Waals surface area contributed by atoms with Crippen LogP contribution in [-0.4, -0.2) is 29.8 Å². The molecule has 2 aromatic rings. The van der Waals surface area contributed by atoms with Crippen LogP contribution in [0.2, 0.25) is 10.0 Å². The molecule has 1 aromatic carbocycles. The van der Waals surface area contributed by atoms with Crippen LogP contribution in [0.4, 0.5) is 5.69 Å². The predicted octanol–water partition coefficient (Wildman–Crippen LogP) is 2.68. The van der Waals surface area contributed by atoms with Gasteiger partial charge in [-0.1, -0.05) is 23.2 Å². The number of piperidine rings is 1. The van der Waals surface area contributed by atoms with Crippen LogP contribution in [0.1, 0.15) is 23.4 Å². The smallest absolute Gasteiger partial charge is 0.290 e. The fraction of sp³-hybridized carbons (Fsp3) is 0.375. The Bertz CT molecular complexity index is 815. The third kappa shape index (κ3) is 3.60. The molecule has 1 amide bonds. The van der Waals surface area contributed by atoms with Gasteiger partial charge in [0.25, 0.3) is 11.5 Å². The van der Waals surface area contributed by atoms with Crippen LogP contribution in [0, 0.1) is 0 Å². The molecule has 0 spiro atoms. The molecular formula is C16H17Cl2N3O3. The van der Waals surface area contributed by atoms with Crippen molar-refractivity contribution in [3.8, 4) is 0 Å². The first-order valence-corrected chi connectivity index (χ1v) is 8.38. The number of anilines is 1. The van der Waals surface area contributed by atoms with Gasteiger partial charge in [0.1, 0.15) is 0 Å². The lowest BCUT2D eigenvalue weighted by atomic mass is 10.0. The normalized spacial score (nSPS) is 17.8. The van der Waals surface area contributed by atoms with Crippen molar-refractivity contribution in [2.75, 3.05) is 18.0 Å². The summed E-state index contributed by atoms with van der Waals surface area (Å²) in [6, 6.07) is 6.52. The molecule has 1 aliphatic heterocycles. The van der Waals surface area contributed by atoms with Gasteiger partial charge in [0, 0.05) is 31.2 Å². The van der Waals surface area contributed by atoms with E-state index in [1.165, 1.54) is 13.1 Å². The van der Waals surface area contributed by atoms with E-state index in [-0.39, 0.29) is 23.3 Å². The molecule has 3 rings (SSSR count). The van der Waals surface area contributed by atoms with E-state index in [4.69, 9.17) is 27.7 Å². The highest BCUT2D eigenvalue weighted by Gasteiger charge is 2.24. The SMILES string of the molecule is Cn1oc(C(=O)NC2CCCN(c3ccc(Cl)cc3Cl)C2)cc1=O. The monoisotopic (exact) mass is 369 g/mol. The van der Waals surface area contributed by atoms with Crippen LogP contribution >= 0.6 is 23.2 Å². The minimum atomic E-state index is -0.387. The molecule has 1 atom stereocenters. The van der Waals surface area contributed by atoms with Gasteiger partial charge in [0.15, 0.2) is 0 Å². The van der Waals surface area contributed by atoms with E-state index < -0.39 is 0 Å². The molecule has 0 bridgehead atoms. The van der Waals surface area contributed by atoms with Crippen molar-refractivity contribution in [1.29, 1.82) is 0 Å². The molecular weight excluding hydrogens is 353 g/mol. The summed E-state index contributed by atoms with van der Waals surface area (Å²) in [4.78, 5) is 25.7. The maximum Gasteiger partial charge on any atom is 0.290 e. The molecule has 0 saturated carbocycles. The van der Waals surface area contributed by atoms with Crippen LogP contribution in [0.5, 0.6) is 0 Å². The lowest BCUT2D eigenvalue weighted by molar-refractivity contribution is 0.0882. The predicted molar refractivity (Wildman–Crippen MR) is 93.1 cm³/mol. The number of benzene rings is 1. The van der Waals surface area contributed by atoms with Crippen molar-refractivity contribution in [1.82, 2.24) is 10.1 Å². The molecule has 1 saturated heterocycles. The van der Waals surface area contributed by atoms with E-state index >= 15 is 0 Å². The molecule has 1 N–H and O–H groups in total. The van der Waals surface area contributed by atoms with Crippen LogP contribution in [0.3, 0.4) is 0 Å². The average molecular weight is 370 g/mol. The number of aryl methyl sites for hydroxylation is 1. The number of carbonyl (C=O) groups is 1. The fourth-order valence-electron chi connectivity index (χ4n) is 2.84. The topological polar surface area (TPSA) is 67.5 Å². The fourth-order valence-corrected chi connectivity index (χ4v) is 3.36. The molecule has 6 nitrogen and oxygen atoms in total. The summed E-state index contributed by atoms with van der Waals surface area (Å²) >= 11 is 12.2. The van der Waals surface area contributed by atoms with Crippen molar-refractivity contribution in [2.45, 2.75) is 18.9 Å². The van der Waals surface area contributed by atoms with Gasteiger partial charge in [0.2, 0.25) is 5.76 Å². The molecule has 1 aromatic heterocycles. The van der Waals surface area contributed by atoms with Crippen molar-refractivity contribution < 1.29 is 9.32 Å². The molecule has 0 aliphatic carbocycles. The summed E-state index contributed by atoms with van der Waals surface area (Å²) in [6.45, 7) is 1.48. The van der Waals surface area contributed by atoms with Gasteiger partial charge in [-0.2, -0.15) is 4.74 Å². The quantitative estimate of drug-likeness (QED) is 0.902. The first-order valence-electron chi connectivity index (χ1n) is 7.62. The summed E-state index contributed by atoms with van der Waals surface area (Å²) in [5.74, 6) is -0.370. The van der Waals surface area contributed by atoms with Crippen LogP contribution in [0.25, 0.3) is 0 Å². The number of amides is 1. The lowest BCUT2D eigenvalue weighted by Crippen LogP contribution is -2.47. The number of rotatable bonds is 3. The molecule has 1 fully saturated rings. The Balaban J connectivity index is 1.69. The highest BCUT2D eigenvalue weighted by molar-refractivity contribution is 6.36. The van der Waals surface area contributed by atoms with E-state index in [1.54, 1.807) is 12.1 Å². The van der Waals surface area contributed by atoms with Crippen LogP contribution < -0.4 is 15.8 Å². The first kappa shape index (κ1) is 16.9. The molecule has 1 unspecified atom stereocenters. The second-order valence-electron chi connectivity index (χ2n) is 5.79. The van der Waals surface area contributed by atoms with Gasteiger partial charge in [-0.15, -0.1) is 0 Å². The average Bonchev–Trinajstić information content (AvgIpc) is 2.87. The summed E-state index contributed by atoms with van der Waals surface area (Å²) in [5, 5.41) is 4.08. The number of hydrogen-bond donors (Lipinski definition) is 1. The van der Waals surface area contributed by atoms with Gasteiger partial charge in [0.05, 0.1) is 16.8 Å². The summed E-state index contributed by atoms with van der Waals surface area (Å²) in [5.41, 5.74) is 0.546. The molecule has 2 heterocycles. The number of aromatic nitrogens is 1. The Morgan fingerprint density at radius 2 is 2.12 bits per heavy atom. The molecule has 0 radical (unpaired) electrons. The van der Waals surface area contributed by atoms with Gasteiger partial charge >= 0.3 is 0 Å². The third-order valence-electron chi connectivity index (χ3n) is 4.03. The largest absolute Gasteiger partial charge is 0.371 e. The zero-order valence-corrected chi connectivity index (χ0v) is 14.6. The zero-order valence-electron chi connectivity index (χ0n) is 13.1. The molecule has 1 aliphatic rings. The Hall–Kier alpha value is -1.92. The first-order chi connectivity index (χ1) is 11.4. The summed E-state index contributed by atoms with van der Waals surface area (Å²) in [7, 11) is 1.46. The molecule has 24 heavy (non-hydrogen) atoms. The molecule has 128 valence electrons. The van der Waals surface area contributed by atoms with Crippen molar-refractivity contribution in [2.24, 2.45) is 7.05 Å². The number of nitrogens with one attached hydrogen (secondary N) is 1. The lowest BCUT2D eigenvalue weighted by Gasteiger charge is -2.35. The van der Waals surface area contributed by atoms with Gasteiger partial charge < -0.3 is 14.7 Å². The standard InChI is InChI=1S/C16H17Cl2N3O3/c1-20-15(22)8-14(24-20)16(23)19-11-3-2-6-21(9-11)13-5-4-10(17)7-12(13)18/h4-5,7-8,11H,2-3,6,9H2,1H3,(H,19,23). The van der Waals surface area contributed by atoms with E-state index in [2.05, 4.69) is 10.2 Å². The van der Waals surface area contributed by atoms with E-state index in [1.807, 2.05) is 6.07 Å². The Morgan fingerprint density at radius 3 is 2.79 bits per heavy atom. The Labute approximate surface area is 148 Å². The number of halogens is 2. The van der Waals surface area contributed by atoms with Gasteiger partial charge in [-0.25, -0.2) is 0 Å². The summed E-state index contributed by atoms with van der Waals surface area (Å²) in [6.07, 6.45) is 1.77. The minimum Gasteiger partial charge on any atom is -0.371 e. The van der Waals surface area contributed by atoms with E-state index in [9.17, 15) is 9.59 Å². The highest BCUT2D eigenvalue weighted by Crippen LogP contribution is 2.30.